The lowest BCUT2D eigenvalue weighted by Crippen LogP contribution is -2.35. The van der Waals surface area contributed by atoms with Gasteiger partial charge in [0.2, 0.25) is 0 Å². The lowest BCUT2D eigenvalue weighted by Gasteiger charge is -2.22. The average molecular weight is 316 g/mol. The van der Waals surface area contributed by atoms with Crippen LogP contribution >= 0.6 is 23.2 Å². The van der Waals surface area contributed by atoms with Crippen LogP contribution in [0.15, 0.2) is 12.1 Å². The fraction of sp³-hybridized carbons (Fsp3) is 0.500. The number of nitrogens with two attached hydrogens (primary N) is 1. The van der Waals surface area contributed by atoms with Crippen LogP contribution in [0.4, 0.5) is 5.69 Å². The van der Waals surface area contributed by atoms with E-state index in [1.165, 1.54) is 0 Å². The van der Waals surface area contributed by atoms with Gasteiger partial charge >= 0.3 is 0 Å². The van der Waals surface area contributed by atoms with Gasteiger partial charge in [0.25, 0.3) is 5.91 Å². The second-order valence-electron chi connectivity index (χ2n) is 5.58. The van der Waals surface area contributed by atoms with Crippen molar-refractivity contribution in [3.05, 3.63) is 27.7 Å². The Kier molecular flexibility index (Phi) is 4.47. The van der Waals surface area contributed by atoms with Crippen LogP contribution in [0.2, 0.25) is 10.0 Å². The zero-order chi connectivity index (χ0) is 15.0. The van der Waals surface area contributed by atoms with Crippen molar-refractivity contribution in [3.8, 4) is 0 Å². The topological polar surface area (TPSA) is 49.6 Å². The molecule has 2 rings (SSSR count). The van der Waals surface area contributed by atoms with Gasteiger partial charge in [0.1, 0.15) is 0 Å². The monoisotopic (exact) mass is 315 g/mol. The lowest BCUT2D eigenvalue weighted by molar-refractivity contribution is 0.0781. The summed E-state index contributed by atoms with van der Waals surface area (Å²) in [6.45, 7) is 3.61. The number of likely N-dealkylation sites (N-methyl/N-ethyl adjacent to an activating group) is 1. The molecular formula is C14H19Cl2N3O. The van der Waals surface area contributed by atoms with Crippen LogP contribution in [0, 0.1) is 5.92 Å². The fourth-order valence-electron chi connectivity index (χ4n) is 2.70. The number of nitrogen functional groups attached to an aromatic ring is 1. The van der Waals surface area contributed by atoms with Gasteiger partial charge in [0.15, 0.2) is 0 Å². The van der Waals surface area contributed by atoms with Crippen molar-refractivity contribution in [2.24, 2.45) is 5.92 Å². The molecule has 0 aromatic heterocycles. The van der Waals surface area contributed by atoms with Crippen LogP contribution in [0.1, 0.15) is 17.3 Å². The number of anilines is 1. The Hall–Kier alpha value is -0.970. The summed E-state index contributed by atoms with van der Waals surface area (Å²) in [5.41, 5.74) is 6.59. The minimum Gasteiger partial charge on any atom is -0.397 e. The normalized spacial score (nSPS) is 22.6. The van der Waals surface area contributed by atoms with E-state index in [1.807, 2.05) is 19.0 Å². The summed E-state index contributed by atoms with van der Waals surface area (Å²) in [5, 5.41) is 0.607. The summed E-state index contributed by atoms with van der Waals surface area (Å²) in [6, 6.07) is 3.54. The lowest BCUT2D eigenvalue weighted by atomic mass is 10.1. The molecule has 2 atom stereocenters. The minimum atomic E-state index is -0.0496. The highest BCUT2D eigenvalue weighted by atomic mass is 35.5. The highest BCUT2D eigenvalue weighted by molar-refractivity contribution is 6.43. The summed E-state index contributed by atoms with van der Waals surface area (Å²) in [7, 11) is 4.07. The Labute approximate surface area is 129 Å². The van der Waals surface area contributed by atoms with E-state index in [2.05, 4.69) is 11.8 Å². The van der Waals surface area contributed by atoms with Crippen LogP contribution in [-0.4, -0.2) is 48.9 Å². The quantitative estimate of drug-likeness (QED) is 0.853. The van der Waals surface area contributed by atoms with Crippen LogP contribution in [0.25, 0.3) is 0 Å². The number of hydrogen-bond donors (Lipinski definition) is 1. The van der Waals surface area contributed by atoms with E-state index < -0.39 is 0 Å². The highest BCUT2D eigenvalue weighted by Crippen LogP contribution is 2.30. The summed E-state index contributed by atoms with van der Waals surface area (Å²) in [5.74, 6) is 0.389. The van der Waals surface area contributed by atoms with Crippen LogP contribution in [-0.2, 0) is 0 Å². The average Bonchev–Trinajstić information content (AvgIpc) is 2.76. The Morgan fingerprint density at radius 2 is 2.00 bits per heavy atom. The van der Waals surface area contributed by atoms with Gasteiger partial charge in [-0.3, -0.25) is 4.79 Å². The molecule has 4 nitrogen and oxygen atoms in total. The molecule has 1 aliphatic rings. The number of hydrogen-bond acceptors (Lipinski definition) is 3. The van der Waals surface area contributed by atoms with Crippen molar-refractivity contribution in [1.29, 1.82) is 0 Å². The fourth-order valence-corrected chi connectivity index (χ4v) is 3.04. The second kappa shape index (κ2) is 5.80. The first-order valence-corrected chi connectivity index (χ1v) is 7.27. The van der Waals surface area contributed by atoms with E-state index >= 15 is 0 Å². The molecule has 1 saturated heterocycles. The molecule has 20 heavy (non-hydrogen) atoms. The van der Waals surface area contributed by atoms with E-state index in [4.69, 9.17) is 28.9 Å². The van der Waals surface area contributed by atoms with Crippen molar-refractivity contribution in [3.63, 3.8) is 0 Å². The standard InChI is InChI=1S/C14H19Cl2N3O/c1-8-6-19(7-12(8)18(2)3)14(20)9-4-10(15)13(16)11(17)5-9/h4-5,8,12H,6-7,17H2,1-3H3. The number of benzene rings is 1. The minimum absolute atomic E-state index is 0.0496. The molecule has 110 valence electrons. The highest BCUT2D eigenvalue weighted by Gasteiger charge is 2.34. The van der Waals surface area contributed by atoms with Crippen molar-refractivity contribution in [2.45, 2.75) is 13.0 Å². The molecular weight excluding hydrogens is 297 g/mol. The number of carbonyl (C=O) groups is 1. The molecule has 0 aliphatic carbocycles. The first-order chi connectivity index (χ1) is 9.31. The predicted molar refractivity (Wildman–Crippen MR) is 83.4 cm³/mol. The summed E-state index contributed by atoms with van der Waals surface area (Å²) in [6.07, 6.45) is 0. The molecule has 2 N–H and O–H groups in total. The maximum absolute atomic E-state index is 12.5. The molecule has 1 aliphatic heterocycles. The van der Waals surface area contributed by atoms with Gasteiger partial charge in [-0.1, -0.05) is 30.1 Å². The van der Waals surface area contributed by atoms with Gasteiger partial charge in [-0.2, -0.15) is 0 Å². The van der Waals surface area contributed by atoms with Gasteiger partial charge in [-0.05, 0) is 32.1 Å². The third-order valence-electron chi connectivity index (χ3n) is 3.83. The first kappa shape index (κ1) is 15.4. The van der Waals surface area contributed by atoms with Crippen molar-refractivity contribution in [1.82, 2.24) is 9.80 Å². The molecule has 2 unspecified atom stereocenters. The third-order valence-corrected chi connectivity index (χ3v) is 4.64. The SMILES string of the molecule is CC1CN(C(=O)c2cc(N)c(Cl)c(Cl)c2)CC1N(C)C. The number of halogens is 2. The molecule has 6 heteroatoms. The molecule has 0 radical (unpaired) electrons. The summed E-state index contributed by atoms with van der Waals surface area (Å²) in [4.78, 5) is 16.5. The molecule has 0 saturated carbocycles. The molecule has 1 aromatic carbocycles. The zero-order valence-corrected chi connectivity index (χ0v) is 13.4. The summed E-state index contributed by atoms with van der Waals surface area (Å²) < 4.78 is 0. The maximum atomic E-state index is 12.5. The van der Waals surface area contributed by atoms with Crippen molar-refractivity contribution >= 4 is 34.8 Å². The second-order valence-corrected chi connectivity index (χ2v) is 6.36. The Morgan fingerprint density at radius 1 is 1.35 bits per heavy atom. The molecule has 0 spiro atoms. The first-order valence-electron chi connectivity index (χ1n) is 6.51. The van der Waals surface area contributed by atoms with E-state index in [0.717, 1.165) is 6.54 Å². The molecule has 1 heterocycles. The van der Waals surface area contributed by atoms with Crippen LogP contribution in [0.3, 0.4) is 0 Å². The van der Waals surface area contributed by atoms with Gasteiger partial charge < -0.3 is 15.5 Å². The van der Waals surface area contributed by atoms with Gasteiger partial charge in [-0.15, -0.1) is 0 Å². The maximum Gasteiger partial charge on any atom is 0.254 e. The Balaban J connectivity index is 2.21. The van der Waals surface area contributed by atoms with E-state index in [9.17, 15) is 4.79 Å². The zero-order valence-electron chi connectivity index (χ0n) is 11.9. The number of rotatable bonds is 2. The van der Waals surface area contributed by atoms with Crippen molar-refractivity contribution in [2.75, 3.05) is 32.9 Å². The van der Waals surface area contributed by atoms with E-state index in [-0.39, 0.29) is 5.91 Å². The predicted octanol–water partition coefficient (Wildman–Crippen LogP) is 2.60. The number of likely N-dealkylation sites (tertiary alicyclic amines) is 1. The van der Waals surface area contributed by atoms with Gasteiger partial charge in [0, 0.05) is 24.7 Å². The smallest absolute Gasteiger partial charge is 0.254 e. The number of nitrogens with zero attached hydrogens (tertiary/aromatic N) is 2. The number of carbonyl (C=O) groups excluding carboxylic acids is 1. The number of amides is 1. The van der Waals surface area contributed by atoms with Crippen molar-refractivity contribution < 1.29 is 4.79 Å². The van der Waals surface area contributed by atoms with Gasteiger partial charge in [-0.25, -0.2) is 0 Å². The molecule has 1 amide bonds. The third kappa shape index (κ3) is 2.87. The van der Waals surface area contributed by atoms with E-state index in [1.54, 1.807) is 12.1 Å². The summed E-state index contributed by atoms with van der Waals surface area (Å²) >= 11 is 11.9. The molecule has 0 bridgehead atoms. The molecule has 1 aromatic rings. The van der Waals surface area contributed by atoms with Gasteiger partial charge in [0.05, 0.1) is 15.7 Å². The Bertz CT molecular complexity index is 510. The van der Waals surface area contributed by atoms with E-state index in [0.29, 0.717) is 39.8 Å². The molecule has 1 fully saturated rings. The van der Waals surface area contributed by atoms with Crippen LogP contribution < -0.4 is 5.73 Å². The Morgan fingerprint density at radius 3 is 2.50 bits per heavy atom. The largest absolute Gasteiger partial charge is 0.397 e. The van der Waals surface area contributed by atoms with Crippen LogP contribution in [0.5, 0.6) is 0 Å².